The second-order valence-corrected chi connectivity index (χ2v) is 22.1. The van der Waals surface area contributed by atoms with Crippen LogP contribution >= 0.6 is 0 Å². The van der Waals surface area contributed by atoms with E-state index in [1.807, 2.05) is 0 Å². The van der Waals surface area contributed by atoms with Crippen molar-refractivity contribution < 1.29 is 4.43 Å². The van der Waals surface area contributed by atoms with E-state index in [2.05, 4.69) is 26.2 Å². The minimum atomic E-state index is -1.50. The van der Waals surface area contributed by atoms with E-state index >= 15 is 0 Å². The Bertz CT molecular complexity index is 262. The summed E-state index contributed by atoms with van der Waals surface area (Å²) in [7, 11) is -2.63. The van der Waals surface area contributed by atoms with Crippen LogP contribution in [-0.4, -0.2) is 34.1 Å². The normalized spacial score (nSPS) is 25.0. The molecule has 0 aliphatic carbocycles. The van der Waals surface area contributed by atoms with Gasteiger partial charge in [-0.25, -0.2) is 0 Å². The molecule has 1 saturated heterocycles. The molecule has 0 amide bonds. The van der Waals surface area contributed by atoms with Crippen molar-refractivity contribution in [2.45, 2.75) is 69.9 Å². The summed E-state index contributed by atoms with van der Waals surface area (Å²) < 4.78 is 6.77. The van der Waals surface area contributed by atoms with Crippen molar-refractivity contribution in [1.82, 2.24) is 0 Å². The number of rotatable bonds is 6. The van der Waals surface area contributed by atoms with Crippen molar-refractivity contribution in [3.8, 4) is 0 Å². The molecule has 0 unspecified atom stereocenters. The largest absolute Gasteiger partial charge is 0.415 e. The van der Waals surface area contributed by atoms with Gasteiger partial charge in [-0.2, -0.15) is 0 Å². The molecule has 0 bridgehead atoms. The molecule has 1 fully saturated rings. The third kappa shape index (κ3) is 3.66. The Morgan fingerprint density at radius 2 is 1.50 bits per heavy atom. The van der Waals surface area contributed by atoms with E-state index in [0.29, 0.717) is 0 Å². The van der Waals surface area contributed by atoms with E-state index in [4.69, 9.17) is 15.9 Å². The summed E-state index contributed by atoms with van der Waals surface area (Å²) in [6.45, 7) is 11.4. The lowest BCUT2D eigenvalue weighted by molar-refractivity contribution is 0.0324. The summed E-state index contributed by atoms with van der Waals surface area (Å²) >= 11 is 0. The predicted octanol–water partition coefficient (Wildman–Crippen LogP) is 2.62. The monoisotopic (exact) mass is 288 g/mol. The van der Waals surface area contributed by atoms with Gasteiger partial charge in [-0.3, -0.25) is 0 Å². The highest BCUT2D eigenvalue weighted by Crippen LogP contribution is 2.43. The van der Waals surface area contributed by atoms with Crippen LogP contribution in [0.15, 0.2) is 0 Å². The van der Waals surface area contributed by atoms with Crippen LogP contribution in [-0.2, 0) is 4.43 Å². The van der Waals surface area contributed by atoms with Gasteiger partial charge in [0.25, 0.3) is 0 Å². The van der Waals surface area contributed by atoms with E-state index in [0.717, 1.165) is 38.8 Å². The Labute approximate surface area is 115 Å². The molecule has 0 atom stereocenters. The maximum Gasteiger partial charge on any atom is 0.174 e. The fourth-order valence-corrected chi connectivity index (χ4v) is 9.90. The molecule has 0 aromatic rings. The third-order valence-electron chi connectivity index (χ3n) is 4.98. The van der Waals surface area contributed by atoms with Crippen LogP contribution in [0.25, 0.3) is 0 Å². The van der Waals surface area contributed by atoms with Gasteiger partial charge in [0.2, 0.25) is 0 Å². The Morgan fingerprint density at radius 3 is 1.89 bits per heavy atom. The van der Waals surface area contributed by atoms with Crippen LogP contribution in [0, 0.1) is 0 Å². The zero-order valence-electron chi connectivity index (χ0n) is 12.7. The van der Waals surface area contributed by atoms with Crippen molar-refractivity contribution >= 4 is 15.4 Å². The van der Waals surface area contributed by atoms with Gasteiger partial charge < -0.3 is 15.9 Å². The van der Waals surface area contributed by atoms with Gasteiger partial charge >= 0.3 is 0 Å². The highest BCUT2D eigenvalue weighted by Gasteiger charge is 2.52. The number of hydrogen-bond donors (Lipinski definition) is 2. The number of hydrogen-bond acceptors (Lipinski definition) is 3. The second-order valence-electron chi connectivity index (χ2n) is 6.96. The van der Waals surface area contributed by atoms with Crippen molar-refractivity contribution in [2.24, 2.45) is 11.5 Å². The fourth-order valence-electron chi connectivity index (χ4n) is 2.90. The van der Waals surface area contributed by atoms with Crippen molar-refractivity contribution in [1.29, 1.82) is 0 Å². The molecule has 1 aliphatic rings. The van der Waals surface area contributed by atoms with Gasteiger partial charge in [-0.15, -0.1) is 0 Å². The summed E-state index contributed by atoms with van der Waals surface area (Å²) in [5.41, 5.74) is 11.5. The summed E-state index contributed by atoms with van der Waals surface area (Å²) in [5.74, 6) is 0. The average molecular weight is 289 g/mol. The van der Waals surface area contributed by atoms with Gasteiger partial charge in [0.1, 0.15) is 0 Å². The van der Waals surface area contributed by atoms with E-state index in [-0.39, 0.29) is 5.60 Å². The van der Waals surface area contributed by atoms with E-state index in [9.17, 15) is 0 Å². The van der Waals surface area contributed by atoms with Gasteiger partial charge in [0, 0.05) is 0 Å². The molecule has 18 heavy (non-hydrogen) atoms. The molecule has 0 aromatic heterocycles. The number of nitrogens with two attached hydrogens (primary N) is 2. The van der Waals surface area contributed by atoms with Crippen LogP contribution in [0.5, 0.6) is 0 Å². The van der Waals surface area contributed by atoms with Crippen molar-refractivity contribution in [3.05, 3.63) is 0 Å². The quantitative estimate of drug-likeness (QED) is 0.739. The molecular weight excluding hydrogens is 256 g/mol. The lowest BCUT2D eigenvalue weighted by Crippen LogP contribution is -2.65. The summed E-state index contributed by atoms with van der Waals surface area (Å²) in [6, 6.07) is 1.42. The predicted molar refractivity (Wildman–Crippen MR) is 84.8 cm³/mol. The maximum atomic E-state index is 6.77. The first kappa shape index (κ1) is 16.4. The zero-order chi connectivity index (χ0) is 13.9. The highest BCUT2D eigenvalue weighted by molar-refractivity contribution is 7.38. The molecule has 108 valence electrons. The first-order chi connectivity index (χ1) is 8.29. The molecule has 5 heteroatoms. The average Bonchev–Trinajstić information content (AvgIpc) is 2.29. The lowest BCUT2D eigenvalue weighted by Gasteiger charge is -2.52. The first-order valence-electron chi connectivity index (χ1n) is 7.39. The molecule has 1 rings (SSSR count). The Kier molecular flexibility index (Phi) is 5.62. The molecule has 0 spiro atoms. The molecule has 3 nitrogen and oxygen atoms in total. The molecular formula is C13H32N2OSi2. The third-order valence-corrected chi connectivity index (χ3v) is 21.5. The van der Waals surface area contributed by atoms with Gasteiger partial charge in [0.05, 0.1) is 13.2 Å². The molecule has 0 radical (unpaired) electrons. The van der Waals surface area contributed by atoms with Crippen LogP contribution in [0.4, 0.5) is 0 Å². The lowest BCUT2D eigenvalue weighted by atomic mass is 9.89. The van der Waals surface area contributed by atoms with Crippen LogP contribution < -0.4 is 11.5 Å². The Morgan fingerprint density at radius 1 is 1.00 bits per heavy atom. The highest BCUT2D eigenvalue weighted by atomic mass is 29.3. The van der Waals surface area contributed by atoms with Gasteiger partial charge in [0.15, 0.2) is 7.83 Å². The zero-order valence-corrected chi connectivity index (χ0v) is 14.7. The second kappa shape index (κ2) is 6.18. The van der Waals surface area contributed by atoms with E-state index in [1.165, 1.54) is 12.5 Å². The van der Waals surface area contributed by atoms with Gasteiger partial charge in [-0.05, 0) is 58.3 Å². The first-order valence-corrected chi connectivity index (χ1v) is 14.5. The SMILES string of the molecule is C[Si]1(C)CCC(CCCN)(CCCN)O[Si]1(C)C. The fraction of sp³-hybridized carbons (Fsp3) is 1.00. The molecule has 1 heterocycles. The summed E-state index contributed by atoms with van der Waals surface area (Å²) in [4.78, 5) is 0. The minimum Gasteiger partial charge on any atom is -0.415 e. The maximum absolute atomic E-state index is 6.77. The molecule has 4 N–H and O–H groups in total. The standard InChI is InChI=1S/C13H32N2OSi2/c1-17(2)12-9-13(7-5-10-14,8-6-11-15)16-18(17,3)4/h5-12,14-15H2,1-4H3. The van der Waals surface area contributed by atoms with Crippen LogP contribution in [0.1, 0.15) is 32.1 Å². The van der Waals surface area contributed by atoms with E-state index < -0.39 is 15.4 Å². The Balaban J connectivity index is 2.79. The molecule has 1 aliphatic heterocycles. The summed E-state index contributed by atoms with van der Waals surface area (Å²) in [5, 5.41) is 0. The van der Waals surface area contributed by atoms with Gasteiger partial charge in [-0.1, -0.05) is 19.1 Å². The van der Waals surface area contributed by atoms with Crippen LogP contribution in [0.2, 0.25) is 32.2 Å². The minimum absolute atomic E-state index is 0.108. The Hall–Kier alpha value is 0.314. The molecule has 0 aromatic carbocycles. The molecule has 0 saturated carbocycles. The van der Waals surface area contributed by atoms with Crippen molar-refractivity contribution in [3.63, 3.8) is 0 Å². The smallest absolute Gasteiger partial charge is 0.174 e. The summed E-state index contributed by atoms with van der Waals surface area (Å²) in [6.07, 6.45) is 5.66. The van der Waals surface area contributed by atoms with E-state index in [1.54, 1.807) is 0 Å². The van der Waals surface area contributed by atoms with Crippen molar-refractivity contribution in [2.75, 3.05) is 13.1 Å². The topological polar surface area (TPSA) is 61.3 Å². The van der Waals surface area contributed by atoms with Crippen LogP contribution in [0.3, 0.4) is 0 Å².